The first-order chi connectivity index (χ1) is 9.06. The molecule has 0 saturated carbocycles. The second kappa shape index (κ2) is 4.72. The molecule has 19 heavy (non-hydrogen) atoms. The zero-order valence-corrected chi connectivity index (χ0v) is 9.45. The molecule has 0 aliphatic carbocycles. The third kappa shape index (κ3) is 2.08. The van der Waals surface area contributed by atoms with Gasteiger partial charge in [0.1, 0.15) is 0 Å². The highest BCUT2D eigenvalue weighted by atomic mass is 16.4. The van der Waals surface area contributed by atoms with Gasteiger partial charge in [-0.1, -0.05) is 12.1 Å². The van der Waals surface area contributed by atoms with E-state index in [1.54, 1.807) is 0 Å². The summed E-state index contributed by atoms with van der Waals surface area (Å²) in [5.41, 5.74) is -0.0921. The van der Waals surface area contributed by atoms with Crippen molar-refractivity contribution in [2.24, 2.45) is 4.99 Å². The monoisotopic (exact) mass is 257 g/mol. The van der Waals surface area contributed by atoms with Crippen LogP contribution in [0.3, 0.4) is 0 Å². The molecular weight excluding hydrogens is 250 g/mol. The minimum Gasteiger partial charge on any atom is -0.478 e. The summed E-state index contributed by atoms with van der Waals surface area (Å²) in [7, 11) is 0. The minimum atomic E-state index is -1.23. The van der Waals surface area contributed by atoms with Crippen LogP contribution in [0.5, 0.6) is 0 Å². The van der Waals surface area contributed by atoms with E-state index in [-0.39, 0.29) is 27.6 Å². The quantitative estimate of drug-likeness (QED) is 0.647. The molecule has 2 aromatic carbocycles. The summed E-state index contributed by atoms with van der Waals surface area (Å²) in [4.78, 5) is 36.1. The Bertz CT molecular complexity index is 736. The number of aromatic carboxylic acids is 2. The van der Waals surface area contributed by atoms with Gasteiger partial charge in [-0.05, 0) is 23.6 Å². The second-order valence-electron chi connectivity index (χ2n) is 3.67. The van der Waals surface area contributed by atoms with E-state index in [9.17, 15) is 14.4 Å². The Hall–Kier alpha value is -2.98. The summed E-state index contributed by atoms with van der Waals surface area (Å²) >= 11 is 0. The predicted octanol–water partition coefficient (Wildman–Crippen LogP) is 2.20. The number of rotatable bonds is 3. The Balaban J connectivity index is 3.00. The van der Waals surface area contributed by atoms with Crippen molar-refractivity contribution >= 4 is 34.5 Å². The molecule has 0 radical (unpaired) electrons. The number of carboxylic acids is 2. The molecule has 94 valence electrons. The fraction of sp³-hybridized carbons (Fsp3) is 0. The topological polar surface area (TPSA) is 104 Å². The van der Waals surface area contributed by atoms with Gasteiger partial charge in [-0.3, -0.25) is 0 Å². The normalized spacial score (nSPS) is 9.89. The molecule has 0 atom stereocenters. The van der Waals surface area contributed by atoms with Gasteiger partial charge < -0.3 is 10.2 Å². The molecule has 0 aromatic heterocycles. The predicted molar refractivity (Wildman–Crippen MR) is 65.6 cm³/mol. The Kier molecular flexibility index (Phi) is 3.10. The molecule has 0 amide bonds. The molecule has 2 N–H and O–H groups in total. The fourth-order valence-corrected chi connectivity index (χ4v) is 1.90. The summed E-state index contributed by atoms with van der Waals surface area (Å²) in [6, 6.07) is 6.78. The Morgan fingerprint density at radius 1 is 1.00 bits per heavy atom. The Labute approximate surface area is 106 Å². The maximum absolute atomic E-state index is 11.2. The van der Waals surface area contributed by atoms with E-state index in [2.05, 4.69) is 4.99 Å². The van der Waals surface area contributed by atoms with Gasteiger partial charge in [-0.15, -0.1) is 0 Å². The van der Waals surface area contributed by atoms with Crippen LogP contribution in [0.2, 0.25) is 0 Å². The van der Waals surface area contributed by atoms with E-state index in [0.29, 0.717) is 0 Å². The van der Waals surface area contributed by atoms with Crippen LogP contribution in [0, 0.1) is 0 Å². The summed E-state index contributed by atoms with van der Waals surface area (Å²) in [5.74, 6) is -2.41. The molecule has 0 saturated heterocycles. The first-order valence-electron chi connectivity index (χ1n) is 5.16. The average molecular weight is 257 g/mol. The zero-order chi connectivity index (χ0) is 14.0. The van der Waals surface area contributed by atoms with Crippen LogP contribution in [0.1, 0.15) is 20.7 Å². The highest BCUT2D eigenvalue weighted by molar-refractivity contribution is 6.14. The number of carbonyl (C=O) groups excluding carboxylic acids is 1. The highest BCUT2D eigenvalue weighted by Crippen LogP contribution is 2.31. The number of isocyanates is 1. The molecule has 0 fully saturated rings. The van der Waals surface area contributed by atoms with Crippen molar-refractivity contribution < 1.29 is 24.6 Å². The zero-order valence-electron chi connectivity index (χ0n) is 9.45. The Morgan fingerprint density at radius 2 is 1.68 bits per heavy atom. The molecule has 6 nitrogen and oxygen atoms in total. The van der Waals surface area contributed by atoms with Crippen LogP contribution in [0.4, 0.5) is 5.69 Å². The van der Waals surface area contributed by atoms with Crippen molar-refractivity contribution in [1.82, 2.24) is 0 Å². The maximum Gasteiger partial charge on any atom is 0.336 e. The number of fused-ring (bicyclic) bond motifs is 1. The van der Waals surface area contributed by atoms with E-state index in [4.69, 9.17) is 10.2 Å². The number of nitrogens with zero attached hydrogens (tertiary/aromatic N) is 1. The SMILES string of the molecule is O=C=Nc1ccc(C(=O)O)c2cccc(C(=O)O)c12. The number of hydrogen-bond donors (Lipinski definition) is 2. The van der Waals surface area contributed by atoms with Gasteiger partial charge >= 0.3 is 11.9 Å². The molecule has 2 aromatic rings. The molecule has 0 aliphatic heterocycles. The van der Waals surface area contributed by atoms with Crippen molar-refractivity contribution in [2.75, 3.05) is 0 Å². The lowest BCUT2D eigenvalue weighted by Crippen LogP contribution is -2.02. The van der Waals surface area contributed by atoms with Gasteiger partial charge in [0.25, 0.3) is 0 Å². The molecule has 0 unspecified atom stereocenters. The Morgan fingerprint density at radius 3 is 2.26 bits per heavy atom. The van der Waals surface area contributed by atoms with Gasteiger partial charge in [0.2, 0.25) is 6.08 Å². The first-order valence-corrected chi connectivity index (χ1v) is 5.16. The van der Waals surface area contributed by atoms with Crippen LogP contribution >= 0.6 is 0 Å². The lowest BCUT2D eigenvalue weighted by atomic mass is 9.98. The van der Waals surface area contributed by atoms with Gasteiger partial charge in [-0.25, -0.2) is 14.4 Å². The summed E-state index contributed by atoms with van der Waals surface area (Å²) in [6.07, 6.45) is 1.33. The van der Waals surface area contributed by atoms with Crippen LogP contribution in [-0.2, 0) is 4.79 Å². The molecule has 0 heterocycles. The lowest BCUT2D eigenvalue weighted by molar-refractivity contribution is 0.0686. The minimum absolute atomic E-state index is 0.0528. The van der Waals surface area contributed by atoms with Crippen molar-refractivity contribution in [3.8, 4) is 0 Å². The van der Waals surface area contributed by atoms with Gasteiger partial charge in [0.15, 0.2) is 0 Å². The van der Waals surface area contributed by atoms with E-state index < -0.39 is 11.9 Å². The van der Waals surface area contributed by atoms with Crippen molar-refractivity contribution in [3.63, 3.8) is 0 Å². The van der Waals surface area contributed by atoms with Crippen molar-refractivity contribution in [1.29, 1.82) is 0 Å². The van der Waals surface area contributed by atoms with Crippen LogP contribution in [0.25, 0.3) is 10.8 Å². The molecular formula is C13H7NO5. The maximum atomic E-state index is 11.2. The van der Waals surface area contributed by atoms with Crippen LogP contribution < -0.4 is 0 Å². The number of hydrogen-bond acceptors (Lipinski definition) is 4. The van der Waals surface area contributed by atoms with E-state index in [1.165, 1.54) is 36.4 Å². The number of benzene rings is 2. The van der Waals surface area contributed by atoms with Crippen LogP contribution in [0.15, 0.2) is 35.3 Å². The van der Waals surface area contributed by atoms with E-state index in [1.807, 2.05) is 0 Å². The second-order valence-corrected chi connectivity index (χ2v) is 3.67. The average Bonchev–Trinajstić information content (AvgIpc) is 2.38. The fourth-order valence-electron chi connectivity index (χ4n) is 1.90. The van der Waals surface area contributed by atoms with Gasteiger partial charge in [0, 0.05) is 5.39 Å². The molecule has 0 aliphatic rings. The highest BCUT2D eigenvalue weighted by Gasteiger charge is 2.17. The van der Waals surface area contributed by atoms with E-state index in [0.717, 1.165) is 0 Å². The van der Waals surface area contributed by atoms with Gasteiger partial charge in [0.05, 0.1) is 16.8 Å². The number of aliphatic imine (C=N–C) groups is 1. The molecule has 0 spiro atoms. The summed E-state index contributed by atoms with van der Waals surface area (Å²) in [5, 5.41) is 18.5. The van der Waals surface area contributed by atoms with Gasteiger partial charge in [-0.2, -0.15) is 4.99 Å². The largest absolute Gasteiger partial charge is 0.478 e. The molecule has 6 heteroatoms. The molecule has 2 rings (SSSR count). The van der Waals surface area contributed by atoms with Crippen molar-refractivity contribution in [2.45, 2.75) is 0 Å². The third-order valence-electron chi connectivity index (χ3n) is 2.65. The summed E-state index contributed by atoms with van der Waals surface area (Å²) < 4.78 is 0. The smallest absolute Gasteiger partial charge is 0.336 e. The third-order valence-corrected chi connectivity index (χ3v) is 2.65. The van der Waals surface area contributed by atoms with Crippen molar-refractivity contribution in [3.05, 3.63) is 41.5 Å². The van der Waals surface area contributed by atoms with Crippen LogP contribution in [-0.4, -0.2) is 28.2 Å². The lowest BCUT2D eigenvalue weighted by Gasteiger charge is -2.07. The van der Waals surface area contributed by atoms with E-state index >= 15 is 0 Å². The summed E-state index contributed by atoms with van der Waals surface area (Å²) in [6.45, 7) is 0. The number of carbonyl (C=O) groups is 2. The first kappa shape index (κ1) is 12.5. The number of carboxylic acid groups (broad SMARTS) is 2. The molecule has 0 bridgehead atoms. The standard InChI is InChI=1S/C13H7NO5/c15-6-14-10-5-4-8(12(16)17)7-2-1-3-9(11(7)10)13(18)19/h1-5H,(H,16,17)(H,18,19).